The van der Waals surface area contributed by atoms with Gasteiger partial charge in [-0.2, -0.15) is 0 Å². The molecule has 1 fully saturated rings. The van der Waals surface area contributed by atoms with Crippen molar-refractivity contribution in [1.82, 2.24) is 4.90 Å². The quantitative estimate of drug-likeness (QED) is 0.821. The van der Waals surface area contributed by atoms with E-state index in [9.17, 15) is 4.79 Å². The summed E-state index contributed by atoms with van der Waals surface area (Å²) in [5.41, 5.74) is 0.646. The van der Waals surface area contributed by atoms with E-state index in [2.05, 4.69) is 6.07 Å². The summed E-state index contributed by atoms with van der Waals surface area (Å²) < 4.78 is 10.8. The van der Waals surface area contributed by atoms with Crippen LogP contribution in [-0.4, -0.2) is 30.2 Å². The SMILES string of the molecule is COc1cccc([C@@H]2CCCCN2C(=O)OC(C)(C)C)c1. The molecule has 0 saturated carbocycles. The molecule has 1 saturated heterocycles. The maximum absolute atomic E-state index is 12.4. The van der Waals surface area contributed by atoms with Gasteiger partial charge in [-0.25, -0.2) is 4.79 Å². The number of carbonyl (C=O) groups excluding carboxylic acids is 1. The van der Waals surface area contributed by atoms with E-state index in [0.717, 1.165) is 37.1 Å². The fourth-order valence-electron chi connectivity index (χ4n) is 2.67. The second-order valence-electron chi connectivity index (χ2n) is 6.46. The zero-order valence-electron chi connectivity index (χ0n) is 13.4. The third kappa shape index (κ3) is 4.13. The van der Waals surface area contributed by atoms with E-state index in [-0.39, 0.29) is 12.1 Å². The maximum Gasteiger partial charge on any atom is 0.410 e. The minimum atomic E-state index is -0.465. The molecule has 0 spiro atoms. The smallest absolute Gasteiger partial charge is 0.410 e. The molecule has 1 heterocycles. The van der Waals surface area contributed by atoms with Crippen molar-refractivity contribution in [2.45, 2.75) is 51.7 Å². The minimum absolute atomic E-state index is 0.0729. The number of nitrogens with zero attached hydrogens (tertiary/aromatic N) is 1. The molecule has 0 unspecified atom stereocenters. The first-order valence-electron chi connectivity index (χ1n) is 7.54. The predicted molar refractivity (Wildman–Crippen MR) is 82.5 cm³/mol. The first kappa shape index (κ1) is 15.7. The van der Waals surface area contributed by atoms with Crippen LogP contribution in [0.1, 0.15) is 51.6 Å². The zero-order chi connectivity index (χ0) is 15.5. The van der Waals surface area contributed by atoms with Crippen molar-refractivity contribution in [2.24, 2.45) is 0 Å². The summed E-state index contributed by atoms with van der Waals surface area (Å²) in [5, 5.41) is 0. The molecule has 2 rings (SSSR count). The fourth-order valence-corrected chi connectivity index (χ4v) is 2.67. The molecule has 1 aliphatic rings. The van der Waals surface area contributed by atoms with Gasteiger partial charge < -0.3 is 14.4 Å². The van der Waals surface area contributed by atoms with E-state index in [1.54, 1.807) is 7.11 Å². The lowest BCUT2D eigenvalue weighted by Crippen LogP contribution is -2.41. The Bertz CT molecular complexity index is 493. The molecule has 4 nitrogen and oxygen atoms in total. The molecule has 0 aromatic heterocycles. The fraction of sp³-hybridized carbons (Fsp3) is 0.588. The molecule has 1 atom stereocenters. The van der Waals surface area contributed by atoms with Crippen LogP contribution in [0.4, 0.5) is 4.79 Å². The molecule has 21 heavy (non-hydrogen) atoms. The maximum atomic E-state index is 12.4. The highest BCUT2D eigenvalue weighted by Gasteiger charge is 2.31. The molecule has 4 heteroatoms. The minimum Gasteiger partial charge on any atom is -0.497 e. The van der Waals surface area contributed by atoms with Gasteiger partial charge in [0.05, 0.1) is 13.2 Å². The first-order valence-corrected chi connectivity index (χ1v) is 7.54. The Morgan fingerprint density at radius 2 is 2.05 bits per heavy atom. The number of likely N-dealkylation sites (tertiary alicyclic amines) is 1. The monoisotopic (exact) mass is 291 g/mol. The summed E-state index contributed by atoms with van der Waals surface area (Å²) in [4.78, 5) is 14.3. The third-order valence-corrected chi connectivity index (χ3v) is 3.61. The second-order valence-corrected chi connectivity index (χ2v) is 6.46. The van der Waals surface area contributed by atoms with Crippen LogP contribution in [-0.2, 0) is 4.74 Å². The van der Waals surface area contributed by atoms with Crippen molar-refractivity contribution in [1.29, 1.82) is 0 Å². The van der Waals surface area contributed by atoms with Crippen LogP contribution in [0, 0.1) is 0 Å². The number of ether oxygens (including phenoxy) is 2. The van der Waals surface area contributed by atoms with E-state index < -0.39 is 5.60 Å². The predicted octanol–water partition coefficient (Wildman–Crippen LogP) is 4.16. The number of carbonyl (C=O) groups is 1. The van der Waals surface area contributed by atoms with Crippen molar-refractivity contribution in [3.05, 3.63) is 29.8 Å². The summed E-state index contributed by atoms with van der Waals surface area (Å²) in [6, 6.07) is 8.02. The van der Waals surface area contributed by atoms with Gasteiger partial charge in [-0.05, 0) is 57.7 Å². The highest BCUT2D eigenvalue weighted by atomic mass is 16.6. The van der Waals surface area contributed by atoms with Gasteiger partial charge in [0.2, 0.25) is 0 Å². The van der Waals surface area contributed by atoms with Crippen LogP contribution in [0.15, 0.2) is 24.3 Å². The van der Waals surface area contributed by atoms with Gasteiger partial charge in [-0.3, -0.25) is 0 Å². The molecular weight excluding hydrogens is 266 g/mol. The van der Waals surface area contributed by atoms with E-state index in [1.807, 2.05) is 43.9 Å². The molecule has 0 N–H and O–H groups in total. The number of hydrogen-bond donors (Lipinski definition) is 0. The molecule has 0 aliphatic carbocycles. The summed E-state index contributed by atoms with van der Waals surface area (Å²) >= 11 is 0. The molecular formula is C17H25NO3. The lowest BCUT2D eigenvalue weighted by atomic mass is 9.95. The Hall–Kier alpha value is -1.71. The van der Waals surface area contributed by atoms with Crippen molar-refractivity contribution in [2.75, 3.05) is 13.7 Å². The number of benzene rings is 1. The van der Waals surface area contributed by atoms with Crippen LogP contribution < -0.4 is 4.74 Å². The topological polar surface area (TPSA) is 38.8 Å². The molecule has 1 aromatic carbocycles. The largest absolute Gasteiger partial charge is 0.497 e. The molecule has 0 bridgehead atoms. The number of piperidine rings is 1. The highest BCUT2D eigenvalue weighted by molar-refractivity contribution is 5.69. The van der Waals surface area contributed by atoms with Gasteiger partial charge in [0, 0.05) is 6.54 Å². The van der Waals surface area contributed by atoms with Crippen molar-refractivity contribution in [3.8, 4) is 5.75 Å². The summed E-state index contributed by atoms with van der Waals surface area (Å²) in [7, 11) is 1.66. The molecule has 1 amide bonds. The van der Waals surface area contributed by atoms with E-state index >= 15 is 0 Å². The van der Waals surface area contributed by atoms with Gasteiger partial charge in [0.25, 0.3) is 0 Å². The van der Waals surface area contributed by atoms with Crippen molar-refractivity contribution >= 4 is 6.09 Å². The second kappa shape index (κ2) is 6.37. The van der Waals surface area contributed by atoms with Gasteiger partial charge in [0.1, 0.15) is 11.4 Å². The van der Waals surface area contributed by atoms with E-state index in [1.165, 1.54) is 0 Å². The molecule has 0 radical (unpaired) electrons. The van der Waals surface area contributed by atoms with E-state index in [4.69, 9.17) is 9.47 Å². The van der Waals surface area contributed by atoms with Crippen molar-refractivity contribution < 1.29 is 14.3 Å². The Kier molecular flexibility index (Phi) is 4.76. The summed E-state index contributed by atoms with van der Waals surface area (Å²) in [6.45, 7) is 6.44. The van der Waals surface area contributed by atoms with Gasteiger partial charge in [0.15, 0.2) is 0 Å². The van der Waals surface area contributed by atoms with Gasteiger partial charge >= 0.3 is 6.09 Å². The average molecular weight is 291 g/mol. The lowest BCUT2D eigenvalue weighted by Gasteiger charge is -2.37. The zero-order valence-corrected chi connectivity index (χ0v) is 13.4. The van der Waals surface area contributed by atoms with Crippen LogP contribution in [0.5, 0.6) is 5.75 Å². The molecule has 1 aromatic rings. The van der Waals surface area contributed by atoms with E-state index in [0.29, 0.717) is 0 Å². The Balaban J connectivity index is 2.20. The number of hydrogen-bond acceptors (Lipinski definition) is 3. The lowest BCUT2D eigenvalue weighted by molar-refractivity contribution is 0.00949. The van der Waals surface area contributed by atoms with Gasteiger partial charge in [-0.1, -0.05) is 12.1 Å². The first-order chi connectivity index (χ1) is 9.90. The number of rotatable bonds is 2. The number of amides is 1. The Morgan fingerprint density at radius 3 is 2.71 bits per heavy atom. The molecule has 1 aliphatic heterocycles. The van der Waals surface area contributed by atoms with Crippen LogP contribution >= 0.6 is 0 Å². The van der Waals surface area contributed by atoms with Crippen molar-refractivity contribution in [3.63, 3.8) is 0 Å². The van der Waals surface area contributed by atoms with Crippen LogP contribution in [0.25, 0.3) is 0 Å². The standard InChI is InChI=1S/C17H25NO3/c1-17(2,3)21-16(19)18-11-6-5-10-15(18)13-8-7-9-14(12-13)20-4/h7-9,12,15H,5-6,10-11H2,1-4H3/t15-/m0/s1. The number of methoxy groups -OCH3 is 1. The average Bonchev–Trinajstić information content (AvgIpc) is 2.45. The normalized spacial score (nSPS) is 19.2. The van der Waals surface area contributed by atoms with Gasteiger partial charge in [-0.15, -0.1) is 0 Å². The van der Waals surface area contributed by atoms with Crippen LogP contribution in [0.2, 0.25) is 0 Å². The summed E-state index contributed by atoms with van der Waals surface area (Å²) in [5.74, 6) is 0.821. The highest BCUT2D eigenvalue weighted by Crippen LogP contribution is 2.33. The third-order valence-electron chi connectivity index (χ3n) is 3.61. The molecule has 116 valence electrons. The Labute approximate surface area is 127 Å². The Morgan fingerprint density at radius 1 is 1.29 bits per heavy atom. The summed E-state index contributed by atoms with van der Waals surface area (Å²) in [6.07, 6.45) is 2.89. The van der Waals surface area contributed by atoms with Crippen LogP contribution in [0.3, 0.4) is 0 Å².